The third kappa shape index (κ3) is 4.00. The van der Waals surface area contributed by atoms with Crippen LogP contribution in [0.25, 0.3) is 11.4 Å². The fraction of sp³-hybridized carbons (Fsp3) is 0.375. The first kappa shape index (κ1) is 15.8. The van der Waals surface area contributed by atoms with Crippen molar-refractivity contribution in [3.63, 3.8) is 0 Å². The maximum atomic E-state index is 5.40. The molecule has 0 atom stereocenters. The summed E-state index contributed by atoms with van der Waals surface area (Å²) in [5.74, 6) is 1.17. The summed E-state index contributed by atoms with van der Waals surface area (Å²) in [4.78, 5) is 15.3. The molecule has 3 aromatic rings. The topological polar surface area (TPSA) is 67.9 Å². The van der Waals surface area contributed by atoms with Crippen molar-refractivity contribution in [3.05, 3.63) is 46.5 Å². The van der Waals surface area contributed by atoms with E-state index in [9.17, 15) is 0 Å². The second-order valence-corrected chi connectivity index (χ2v) is 6.58. The van der Waals surface area contributed by atoms with Gasteiger partial charge in [0.1, 0.15) is 5.01 Å². The standard InChI is InChI=1S/C16H19N5OS/c1-11(2)21(9-15-18-12(3)10-23-15)8-14-19-16(20-22-14)13-5-4-6-17-7-13/h4-7,10-11H,8-9H2,1-3H3. The molecule has 0 amide bonds. The van der Waals surface area contributed by atoms with Crippen molar-refractivity contribution in [1.29, 1.82) is 0 Å². The molecule has 0 saturated carbocycles. The van der Waals surface area contributed by atoms with Crippen LogP contribution in [0.15, 0.2) is 34.4 Å². The first-order valence-corrected chi connectivity index (χ1v) is 8.38. The van der Waals surface area contributed by atoms with E-state index >= 15 is 0 Å². The number of nitrogens with zero attached hydrogens (tertiary/aromatic N) is 5. The molecule has 0 fully saturated rings. The molecule has 0 radical (unpaired) electrons. The molecule has 0 spiro atoms. The van der Waals surface area contributed by atoms with Crippen molar-refractivity contribution < 1.29 is 4.52 Å². The predicted molar refractivity (Wildman–Crippen MR) is 88.8 cm³/mol. The van der Waals surface area contributed by atoms with Crippen molar-refractivity contribution in [2.24, 2.45) is 0 Å². The van der Waals surface area contributed by atoms with Crippen molar-refractivity contribution in [3.8, 4) is 11.4 Å². The van der Waals surface area contributed by atoms with Crippen molar-refractivity contribution in [2.75, 3.05) is 0 Å². The molecule has 0 aliphatic heterocycles. The predicted octanol–water partition coefficient (Wildman–Crippen LogP) is 3.31. The van der Waals surface area contributed by atoms with Gasteiger partial charge < -0.3 is 4.52 Å². The number of thiazole rings is 1. The Kier molecular flexibility index (Phi) is 4.78. The Morgan fingerprint density at radius 3 is 2.78 bits per heavy atom. The quantitative estimate of drug-likeness (QED) is 0.691. The van der Waals surface area contributed by atoms with E-state index in [0.717, 1.165) is 22.8 Å². The molecule has 6 nitrogen and oxygen atoms in total. The van der Waals surface area contributed by atoms with Gasteiger partial charge in [-0.25, -0.2) is 4.98 Å². The Labute approximate surface area is 139 Å². The molecular formula is C16H19N5OS. The summed E-state index contributed by atoms with van der Waals surface area (Å²) < 4.78 is 5.40. The second kappa shape index (κ2) is 6.97. The third-order valence-corrected chi connectivity index (χ3v) is 4.41. The van der Waals surface area contributed by atoms with Crippen LogP contribution < -0.4 is 0 Å². The zero-order valence-electron chi connectivity index (χ0n) is 13.4. The lowest BCUT2D eigenvalue weighted by molar-refractivity contribution is 0.176. The summed E-state index contributed by atoms with van der Waals surface area (Å²) in [7, 11) is 0. The highest BCUT2D eigenvalue weighted by atomic mass is 32.1. The van der Waals surface area contributed by atoms with Crippen LogP contribution in [0.4, 0.5) is 0 Å². The minimum Gasteiger partial charge on any atom is -0.338 e. The van der Waals surface area contributed by atoms with Crippen LogP contribution in [-0.4, -0.2) is 31.1 Å². The molecule has 0 unspecified atom stereocenters. The second-order valence-electron chi connectivity index (χ2n) is 5.63. The number of pyridine rings is 1. The Hall–Kier alpha value is -2.12. The summed E-state index contributed by atoms with van der Waals surface area (Å²) in [6.07, 6.45) is 3.45. The molecule has 23 heavy (non-hydrogen) atoms. The summed E-state index contributed by atoms with van der Waals surface area (Å²) in [6, 6.07) is 4.13. The highest BCUT2D eigenvalue weighted by Crippen LogP contribution is 2.18. The van der Waals surface area contributed by atoms with Gasteiger partial charge in [-0.05, 0) is 32.9 Å². The summed E-state index contributed by atoms with van der Waals surface area (Å²) in [5, 5.41) is 7.21. The molecule has 0 N–H and O–H groups in total. The summed E-state index contributed by atoms with van der Waals surface area (Å²) >= 11 is 1.68. The normalized spacial score (nSPS) is 11.5. The van der Waals surface area contributed by atoms with E-state index < -0.39 is 0 Å². The summed E-state index contributed by atoms with van der Waals surface area (Å²) in [6.45, 7) is 7.69. The van der Waals surface area contributed by atoms with Crippen LogP contribution in [-0.2, 0) is 13.1 Å². The van der Waals surface area contributed by atoms with Crippen LogP contribution >= 0.6 is 11.3 Å². The molecule has 0 saturated heterocycles. The van der Waals surface area contributed by atoms with Crippen molar-refractivity contribution in [1.82, 2.24) is 25.0 Å². The van der Waals surface area contributed by atoms with Gasteiger partial charge in [0.05, 0.1) is 13.1 Å². The van der Waals surface area contributed by atoms with E-state index in [2.05, 4.69) is 44.2 Å². The molecule has 0 aliphatic rings. The van der Waals surface area contributed by atoms with Gasteiger partial charge in [-0.1, -0.05) is 5.16 Å². The average molecular weight is 329 g/mol. The third-order valence-electron chi connectivity index (χ3n) is 3.46. The molecule has 3 heterocycles. The molecule has 0 aliphatic carbocycles. The molecule has 0 aromatic carbocycles. The number of hydrogen-bond donors (Lipinski definition) is 0. The van der Waals surface area contributed by atoms with Gasteiger partial charge in [-0.3, -0.25) is 9.88 Å². The maximum Gasteiger partial charge on any atom is 0.241 e. The van der Waals surface area contributed by atoms with Crippen LogP contribution in [0.3, 0.4) is 0 Å². The van der Waals surface area contributed by atoms with E-state index in [1.165, 1.54) is 0 Å². The Morgan fingerprint density at radius 2 is 2.13 bits per heavy atom. The van der Waals surface area contributed by atoms with Gasteiger partial charge in [0.25, 0.3) is 0 Å². The SMILES string of the molecule is Cc1csc(CN(Cc2nc(-c3cccnc3)no2)C(C)C)n1. The van der Waals surface area contributed by atoms with Gasteiger partial charge in [0.2, 0.25) is 11.7 Å². The van der Waals surface area contributed by atoms with Crippen LogP contribution in [0, 0.1) is 6.92 Å². The van der Waals surface area contributed by atoms with Crippen molar-refractivity contribution in [2.45, 2.75) is 39.9 Å². The largest absolute Gasteiger partial charge is 0.338 e. The lowest BCUT2D eigenvalue weighted by atomic mass is 10.3. The van der Waals surface area contributed by atoms with Gasteiger partial charge in [-0.15, -0.1) is 11.3 Å². The zero-order chi connectivity index (χ0) is 16.2. The number of rotatable bonds is 6. The van der Waals surface area contributed by atoms with E-state index in [4.69, 9.17) is 4.52 Å². The fourth-order valence-electron chi connectivity index (χ4n) is 2.18. The van der Waals surface area contributed by atoms with Gasteiger partial charge in [-0.2, -0.15) is 4.98 Å². The number of aryl methyl sites for hydroxylation is 1. The lowest BCUT2D eigenvalue weighted by Crippen LogP contribution is -2.29. The first-order chi connectivity index (χ1) is 11.1. The monoisotopic (exact) mass is 329 g/mol. The van der Waals surface area contributed by atoms with Gasteiger partial charge in [0, 0.05) is 35.1 Å². The van der Waals surface area contributed by atoms with E-state index in [1.54, 1.807) is 23.7 Å². The van der Waals surface area contributed by atoms with E-state index in [-0.39, 0.29) is 0 Å². The van der Waals surface area contributed by atoms with Crippen molar-refractivity contribution >= 4 is 11.3 Å². The number of hydrogen-bond acceptors (Lipinski definition) is 7. The van der Waals surface area contributed by atoms with E-state index in [1.807, 2.05) is 19.1 Å². The average Bonchev–Trinajstić information content (AvgIpc) is 3.17. The lowest BCUT2D eigenvalue weighted by Gasteiger charge is -2.23. The first-order valence-electron chi connectivity index (χ1n) is 7.50. The smallest absolute Gasteiger partial charge is 0.241 e. The molecule has 3 aromatic heterocycles. The highest BCUT2D eigenvalue weighted by Gasteiger charge is 2.17. The summed E-state index contributed by atoms with van der Waals surface area (Å²) in [5.41, 5.74) is 1.92. The maximum absolute atomic E-state index is 5.40. The van der Waals surface area contributed by atoms with Crippen LogP contribution in [0.2, 0.25) is 0 Å². The number of aromatic nitrogens is 4. The minimum absolute atomic E-state index is 0.355. The van der Waals surface area contributed by atoms with Crippen LogP contribution in [0.1, 0.15) is 30.4 Å². The fourth-order valence-corrected chi connectivity index (χ4v) is 2.97. The molecular weight excluding hydrogens is 310 g/mol. The minimum atomic E-state index is 0.355. The molecule has 7 heteroatoms. The Bertz CT molecular complexity index is 753. The molecule has 3 rings (SSSR count). The Morgan fingerprint density at radius 1 is 1.26 bits per heavy atom. The highest BCUT2D eigenvalue weighted by molar-refractivity contribution is 7.09. The van der Waals surface area contributed by atoms with E-state index in [0.29, 0.717) is 24.3 Å². The Balaban J connectivity index is 1.72. The molecule has 120 valence electrons. The van der Waals surface area contributed by atoms with Gasteiger partial charge in [0.15, 0.2) is 0 Å². The van der Waals surface area contributed by atoms with Crippen LogP contribution in [0.5, 0.6) is 0 Å². The molecule has 0 bridgehead atoms. The zero-order valence-corrected chi connectivity index (χ0v) is 14.2. The van der Waals surface area contributed by atoms with Gasteiger partial charge >= 0.3 is 0 Å².